The summed E-state index contributed by atoms with van der Waals surface area (Å²) in [5.74, 6) is 3.63. The predicted molar refractivity (Wildman–Crippen MR) is 87.3 cm³/mol. The Labute approximate surface area is 134 Å². The highest BCUT2D eigenvalue weighted by molar-refractivity contribution is 5.79. The third-order valence-electron chi connectivity index (χ3n) is 7.82. The van der Waals surface area contributed by atoms with Crippen molar-refractivity contribution in [2.45, 2.75) is 71.3 Å². The molecule has 0 bridgehead atoms. The molecule has 0 aromatic heterocycles. The van der Waals surface area contributed by atoms with E-state index in [9.17, 15) is 9.90 Å². The number of allylic oxidation sites excluding steroid dienone is 2. The van der Waals surface area contributed by atoms with Crippen molar-refractivity contribution in [1.29, 1.82) is 0 Å². The molecule has 4 aliphatic rings. The van der Waals surface area contributed by atoms with Crippen LogP contribution in [0.5, 0.6) is 0 Å². The van der Waals surface area contributed by atoms with Crippen molar-refractivity contribution in [3.63, 3.8) is 0 Å². The summed E-state index contributed by atoms with van der Waals surface area (Å²) >= 11 is 0. The zero-order chi connectivity index (χ0) is 15.5. The lowest BCUT2D eigenvalue weighted by Gasteiger charge is -2.51. The maximum absolute atomic E-state index is 12.1. The highest BCUT2D eigenvalue weighted by atomic mass is 16.3. The number of Topliss-reactive ketones (excluding diaryl/α,β-unsaturated/α-hetero) is 1. The van der Waals surface area contributed by atoms with Crippen LogP contribution in [0, 0.1) is 35.0 Å². The number of hydrogen-bond acceptors (Lipinski definition) is 2. The summed E-state index contributed by atoms with van der Waals surface area (Å²) in [6.45, 7) is 4.19. The maximum atomic E-state index is 12.1. The molecule has 0 spiro atoms. The van der Waals surface area contributed by atoms with E-state index in [0.29, 0.717) is 11.7 Å². The largest absolute Gasteiger partial charge is 0.393 e. The number of aliphatic hydroxyl groups is 1. The van der Waals surface area contributed by atoms with Crippen LogP contribution >= 0.6 is 0 Å². The van der Waals surface area contributed by atoms with Gasteiger partial charge in [0.2, 0.25) is 0 Å². The smallest absolute Gasteiger partial charge is 0.133 e. The number of hydrogen-bond donors (Lipinski definition) is 1. The fourth-order valence-corrected chi connectivity index (χ4v) is 6.79. The topological polar surface area (TPSA) is 37.3 Å². The Hall–Kier alpha value is -0.630. The molecule has 0 aliphatic heterocycles. The number of aliphatic hydroxyl groups excluding tert-OH is 1. The van der Waals surface area contributed by atoms with Crippen LogP contribution in [0.15, 0.2) is 11.6 Å². The van der Waals surface area contributed by atoms with Crippen LogP contribution < -0.4 is 0 Å². The number of fused-ring (bicyclic) bond motifs is 5. The van der Waals surface area contributed by atoms with E-state index in [1.807, 2.05) is 0 Å². The Morgan fingerprint density at radius 2 is 1.91 bits per heavy atom. The van der Waals surface area contributed by atoms with Crippen LogP contribution in [0.25, 0.3) is 0 Å². The zero-order valence-corrected chi connectivity index (χ0v) is 14.1. The van der Waals surface area contributed by atoms with Gasteiger partial charge < -0.3 is 5.11 Å². The molecular weight excluding hydrogens is 272 g/mol. The van der Waals surface area contributed by atoms with Crippen molar-refractivity contribution in [1.82, 2.24) is 0 Å². The molecule has 0 aromatic carbocycles. The maximum Gasteiger partial charge on any atom is 0.133 e. The molecule has 7 atom stereocenters. The first-order valence-electron chi connectivity index (χ1n) is 9.39. The monoisotopic (exact) mass is 302 g/mol. The Bertz CT molecular complexity index is 508. The zero-order valence-electron chi connectivity index (χ0n) is 14.1. The van der Waals surface area contributed by atoms with Gasteiger partial charge in [-0.05, 0) is 87.4 Å². The Morgan fingerprint density at radius 3 is 2.68 bits per heavy atom. The van der Waals surface area contributed by atoms with Crippen LogP contribution in [0.1, 0.15) is 65.2 Å². The molecule has 2 heteroatoms. The van der Waals surface area contributed by atoms with Crippen molar-refractivity contribution in [3.8, 4) is 0 Å². The third-order valence-corrected chi connectivity index (χ3v) is 7.82. The van der Waals surface area contributed by atoms with Gasteiger partial charge in [-0.3, -0.25) is 4.79 Å². The molecule has 0 saturated heterocycles. The molecule has 0 radical (unpaired) electrons. The van der Waals surface area contributed by atoms with E-state index in [0.717, 1.165) is 49.4 Å². The minimum Gasteiger partial charge on any atom is -0.393 e. The van der Waals surface area contributed by atoms with Crippen LogP contribution in [-0.4, -0.2) is 17.0 Å². The SMILES string of the molecule is CC(=O)[C@H]1CC[C@H]2[C@@H]3CC[C@H]4C[C@H](O)CC[C@@H]4C3=CC[C@]12C. The average molecular weight is 302 g/mol. The number of rotatable bonds is 1. The van der Waals surface area contributed by atoms with Crippen LogP contribution in [0.3, 0.4) is 0 Å². The molecule has 2 nitrogen and oxygen atoms in total. The summed E-state index contributed by atoms with van der Waals surface area (Å²) in [6, 6.07) is 0. The Morgan fingerprint density at radius 1 is 1.14 bits per heavy atom. The molecule has 4 rings (SSSR count). The van der Waals surface area contributed by atoms with Gasteiger partial charge in [0.1, 0.15) is 5.78 Å². The van der Waals surface area contributed by atoms with Crippen LogP contribution in [0.2, 0.25) is 0 Å². The molecule has 0 unspecified atom stereocenters. The number of carbonyl (C=O) groups is 1. The first-order chi connectivity index (χ1) is 10.5. The van der Waals surface area contributed by atoms with Crippen LogP contribution in [-0.2, 0) is 4.79 Å². The summed E-state index contributed by atoms with van der Waals surface area (Å²) in [6.07, 6.45) is 11.7. The van der Waals surface area contributed by atoms with E-state index in [1.165, 1.54) is 25.7 Å². The van der Waals surface area contributed by atoms with Crippen molar-refractivity contribution in [2.24, 2.45) is 35.0 Å². The molecule has 1 N–H and O–H groups in total. The van der Waals surface area contributed by atoms with E-state index >= 15 is 0 Å². The second-order valence-electron chi connectivity index (χ2n) is 8.78. The lowest BCUT2D eigenvalue weighted by Crippen LogP contribution is -2.44. The van der Waals surface area contributed by atoms with Gasteiger partial charge in [0.25, 0.3) is 0 Å². The standard InChI is InChI=1S/C20H30O2/c1-12(21)18-7-8-19-17-5-3-13-11-14(22)4-6-15(13)16(17)9-10-20(18,19)2/h9,13-15,17-19,22H,3-8,10-11H2,1-2H3/t13-,14+,15-,17+,18+,19-,20+/m0/s1. The third kappa shape index (κ3) is 2.06. The van der Waals surface area contributed by atoms with Gasteiger partial charge in [-0.25, -0.2) is 0 Å². The Kier molecular flexibility index (Phi) is 3.52. The molecular formula is C20H30O2. The fourth-order valence-electron chi connectivity index (χ4n) is 6.79. The summed E-state index contributed by atoms with van der Waals surface area (Å²) < 4.78 is 0. The Balaban J connectivity index is 1.63. The van der Waals surface area contributed by atoms with Gasteiger partial charge in [0.05, 0.1) is 6.10 Å². The highest BCUT2D eigenvalue weighted by Gasteiger charge is 2.55. The molecule has 0 heterocycles. The second-order valence-corrected chi connectivity index (χ2v) is 8.78. The molecule has 0 amide bonds. The molecule has 3 fully saturated rings. The molecule has 4 aliphatic carbocycles. The van der Waals surface area contributed by atoms with E-state index in [2.05, 4.69) is 13.0 Å². The lowest BCUT2D eigenvalue weighted by molar-refractivity contribution is -0.124. The average Bonchev–Trinajstić information content (AvgIpc) is 2.84. The summed E-state index contributed by atoms with van der Waals surface area (Å²) in [7, 11) is 0. The van der Waals surface area contributed by atoms with Gasteiger partial charge in [-0.2, -0.15) is 0 Å². The summed E-state index contributed by atoms with van der Waals surface area (Å²) in [5, 5.41) is 9.97. The number of ketones is 1. The van der Waals surface area contributed by atoms with Crippen molar-refractivity contribution in [2.75, 3.05) is 0 Å². The predicted octanol–water partition coefficient (Wildman–Crippen LogP) is 4.13. The van der Waals surface area contributed by atoms with Gasteiger partial charge in [-0.15, -0.1) is 0 Å². The lowest BCUT2D eigenvalue weighted by atomic mass is 9.53. The fraction of sp³-hybridized carbons (Fsp3) is 0.850. The van der Waals surface area contributed by atoms with Crippen LogP contribution in [0.4, 0.5) is 0 Å². The van der Waals surface area contributed by atoms with Crippen molar-refractivity contribution >= 4 is 5.78 Å². The van der Waals surface area contributed by atoms with E-state index in [-0.39, 0.29) is 11.5 Å². The first kappa shape index (κ1) is 14.9. The molecule has 3 saturated carbocycles. The van der Waals surface area contributed by atoms with Gasteiger partial charge in [-0.1, -0.05) is 18.6 Å². The summed E-state index contributed by atoms with van der Waals surface area (Å²) in [5.41, 5.74) is 1.95. The minimum atomic E-state index is -0.0548. The van der Waals surface area contributed by atoms with Crippen molar-refractivity contribution in [3.05, 3.63) is 11.6 Å². The summed E-state index contributed by atoms with van der Waals surface area (Å²) in [4.78, 5) is 12.1. The van der Waals surface area contributed by atoms with Gasteiger partial charge >= 0.3 is 0 Å². The normalized spacial score (nSPS) is 50.6. The van der Waals surface area contributed by atoms with E-state index < -0.39 is 0 Å². The van der Waals surface area contributed by atoms with E-state index in [1.54, 1.807) is 12.5 Å². The molecule has 22 heavy (non-hydrogen) atoms. The van der Waals surface area contributed by atoms with Gasteiger partial charge in [0, 0.05) is 5.92 Å². The quantitative estimate of drug-likeness (QED) is 0.740. The number of carbonyl (C=O) groups excluding carboxylic acids is 1. The molecule has 0 aromatic rings. The van der Waals surface area contributed by atoms with E-state index in [4.69, 9.17) is 0 Å². The van der Waals surface area contributed by atoms with Gasteiger partial charge in [0.15, 0.2) is 0 Å². The minimum absolute atomic E-state index is 0.0548. The van der Waals surface area contributed by atoms with Crippen molar-refractivity contribution < 1.29 is 9.90 Å². The highest BCUT2D eigenvalue weighted by Crippen LogP contribution is 2.62. The second kappa shape index (κ2) is 5.19. The first-order valence-corrected chi connectivity index (χ1v) is 9.39. The molecule has 122 valence electrons.